The molecule has 0 fully saturated rings. The highest BCUT2D eigenvalue weighted by Crippen LogP contribution is 2.15. The molecule has 1 unspecified atom stereocenters. The van der Waals surface area contributed by atoms with Crippen LogP contribution in [0.25, 0.3) is 0 Å². The molecule has 4 nitrogen and oxygen atoms in total. The Kier molecular flexibility index (Phi) is 5.28. The van der Waals surface area contributed by atoms with E-state index in [1.165, 1.54) is 0 Å². The largest absolute Gasteiger partial charge is 0.459 e. The van der Waals surface area contributed by atoms with Crippen molar-refractivity contribution in [1.29, 1.82) is 0 Å². The fourth-order valence-corrected chi connectivity index (χ4v) is 1.62. The van der Waals surface area contributed by atoms with E-state index in [4.69, 9.17) is 4.74 Å². The minimum Gasteiger partial charge on any atom is -0.459 e. The van der Waals surface area contributed by atoms with Crippen LogP contribution in [0.2, 0.25) is 0 Å². The predicted octanol–water partition coefficient (Wildman–Crippen LogP) is 2.57. The third kappa shape index (κ3) is 5.77. The lowest BCUT2D eigenvalue weighted by atomic mass is 10.0. The first-order valence-corrected chi connectivity index (χ1v) is 6.22. The van der Waals surface area contributed by atoms with E-state index in [2.05, 4.69) is 4.98 Å². The first-order valence-electron chi connectivity index (χ1n) is 6.22. The van der Waals surface area contributed by atoms with Gasteiger partial charge in [-0.25, -0.2) is 4.79 Å². The molecule has 0 aliphatic rings. The average molecular weight is 251 g/mol. The highest BCUT2D eigenvalue weighted by atomic mass is 16.5. The Balaban J connectivity index is 2.32. The molecular weight excluding hydrogens is 230 g/mol. The quantitative estimate of drug-likeness (QED) is 0.789. The monoisotopic (exact) mass is 251 g/mol. The second-order valence-corrected chi connectivity index (χ2v) is 5.16. The highest BCUT2D eigenvalue weighted by molar-refractivity contribution is 5.89. The summed E-state index contributed by atoms with van der Waals surface area (Å²) in [5.74, 6) is -0.326. The Bertz CT molecular complexity index is 370. The van der Waals surface area contributed by atoms with Crippen molar-refractivity contribution in [2.24, 2.45) is 0 Å². The fraction of sp³-hybridized carbons (Fsp3) is 0.571. The van der Waals surface area contributed by atoms with Crippen LogP contribution in [-0.4, -0.2) is 27.8 Å². The van der Waals surface area contributed by atoms with Crippen molar-refractivity contribution in [3.05, 3.63) is 30.1 Å². The number of hydrogen-bond acceptors (Lipinski definition) is 4. The molecule has 4 heteroatoms. The molecule has 0 radical (unpaired) electrons. The van der Waals surface area contributed by atoms with Crippen LogP contribution in [0.5, 0.6) is 0 Å². The Morgan fingerprint density at radius 1 is 1.44 bits per heavy atom. The van der Waals surface area contributed by atoms with Gasteiger partial charge in [0.05, 0.1) is 17.3 Å². The number of carbonyl (C=O) groups is 1. The van der Waals surface area contributed by atoms with Crippen molar-refractivity contribution in [3.63, 3.8) is 0 Å². The molecule has 0 saturated heterocycles. The van der Waals surface area contributed by atoms with Gasteiger partial charge in [0.1, 0.15) is 0 Å². The smallest absolute Gasteiger partial charge is 0.338 e. The molecule has 0 aliphatic heterocycles. The lowest BCUT2D eigenvalue weighted by Gasteiger charge is -2.18. The molecule has 1 rings (SSSR count). The maximum atomic E-state index is 11.7. The van der Waals surface area contributed by atoms with E-state index in [9.17, 15) is 9.90 Å². The van der Waals surface area contributed by atoms with Gasteiger partial charge in [0.25, 0.3) is 0 Å². The summed E-state index contributed by atoms with van der Waals surface area (Å²) in [6, 6.07) is 3.26. The van der Waals surface area contributed by atoms with Crippen LogP contribution < -0.4 is 0 Å². The summed E-state index contributed by atoms with van der Waals surface area (Å²) in [5, 5.41) is 9.58. The molecule has 0 spiro atoms. The lowest BCUT2D eigenvalue weighted by molar-refractivity contribution is 0.0284. The molecule has 0 aromatic carbocycles. The number of pyridine rings is 1. The summed E-state index contributed by atoms with van der Waals surface area (Å²) >= 11 is 0. The van der Waals surface area contributed by atoms with Crippen LogP contribution in [0.4, 0.5) is 0 Å². The second kappa shape index (κ2) is 6.50. The minimum absolute atomic E-state index is 0.145. The zero-order valence-electron chi connectivity index (χ0n) is 11.2. The fourth-order valence-electron chi connectivity index (χ4n) is 1.62. The van der Waals surface area contributed by atoms with E-state index in [0.717, 1.165) is 12.8 Å². The topological polar surface area (TPSA) is 59.4 Å². The summed E-state index contributed by atoms with van der Waals surface area (Å²) in [7, 11) is 0. The van der Waals surface area contributed by atoms with Gasteiger partial charge in [-0.05, 0) is 52.2 Å². The lowest BCUT2D eigenvalue weighted by Crippen LogP contribution is -2.20. The van der Waals surface area contributed by atoms with Crippen molar-refractivity contribution < 1.29 is 14.6 Å². The number of aliphatic hydroxyl groups is 1. The third-order valence-electron chi connectivity index (χ3n) is 2.62. The molecular formula is C14H21NO3. The van der Waals surface area contributed by atoms with Crippen LogP contribution in [0.3, 0.4) is 0 Å². The van der Waals surface area contributed by atoms with Gasteiger partial charge < -0.3 is 9.84 Å². The molecule has 1 N–H and O–H groups in total. The van der Waals surface area contributed by atoms with Crippen molar-refractivity contribution >= 4 is 5.97 Å². The van der Waals surface area contributed by atoms with Crippen LogP contribution >= 0.6 is 0 Å². The predicted molar refractivity (Wildman–Crippen MR) is 69.3 cm³/mol. The number of rotatable bonds is 6. The van der Waals surface area contributed by atoms with Crippen LogP contribution in [0.1, 0.15) is 50.4 Å². The normalized spacial score (nSPS) is 13.1. The summed E-state index contributed by atoms with van der Waals surface area (Å²) in [6.45, 7) is 5.42. The van der Waals surface area contributed by atoms with Gasteiger partial charge in [-0.1, -0.05) is 0 Å². The first-order chi connectivity index (χ1) is 8.38. The summed E-state index contributed by atoms with van der Waals surface area (Å²) < 4.78 is 5.30. The number of esters is 1. The first kappa shape index (κ1) is 14.6. The van der Waals surface area contributed by atoms with E-state index >= 15 is 0 Å². The number of nitrogens with zero attached hydrogens (tertiary/aromatic N) is 1. The zero-order chi connectivity index (χ0) is 13.6. The maximum absolute atomic E-state index is 11.7. The molecule has 0 saturated carbocycles. The Hall–Kier alpha value is -1.42. The van der Waals surface area contributed by atoms with Crippen LogP contribution in [0, 0.1) is 0 Å². The molecule has 100 valence electrons. The summed E-state index contributed by atoms with van der Waals surface area (Å²) in [6.07, 6.45) is 5.26. The van der Waals surface area contributed by atoms with Gasteiger partial charge in [-0.2, -0.15) is 0 Å². The third-order valence-corrected chi connectivity index (χ3v) is 2.62. The molecule has 1 heterocycles. The van der Waals surface area contributed by atoms with Gasteiger partial charge >= 0.3 is 5.97 Å². The Morgan fingerprint density at radius 2 is 2.06 bits per heavy atom. The van der Waals surface area contributed by atoms with Gasteiger partial charge in [-0.15, -0.1) is 0 Å². The standard InChI is InChI=1S/C14H21NO3/c1-11(5-4-8-14(2,3)17)18-13(16)12-6-9-15-10-7-12/h6-7,9-11,17H,4-5,8H2,1-3H3. The van der Waals surface area contributed by atoms with Gasteiger partial charge in [0, 0.05) is 12.4 Å². The SMILES string of the molecule is CC(CCCC(C)(C)O)OC(=O)c1ccncc1. The van der Waals surface area contributed by atoms with Crippen LogP contribution in [0.15, 0.2) is 24.5 Å². The van der Waals surface area contributed by atoms with E-state index in [1.807, 2.05) is 6.92 Å². The average Bonchev–Trinajstić information content (AvgIpc) is 2.28. The van der Waals surface area contributed by atoms with Crippen LogP contribution in [-0.2, 0) is 4.74 Å². The number of ether oxygens (including phenoxy) is 1. The molecule has 1 aromatic heterocycles. The molecule has 1 atom stereocenters. The number of hydrogen-bond donors (Lipinski definition) is 1. The van der Waals surface area contributed by atoms with E-state index in [-0.39, 0.29) is 12.1 Å². The van der Waals surface area contributed by atoms with Crippen molar-refractivity contribution in [2.45, 2.75) is 51.7 Å². The van der Waals surface area contributed by atoms with E-state index in [0.29, 0.717) is 12.0 Å². The van der Waals surface area contributed by atoms with Gasteiger partial charge in [0.15, 0.2) is 0 Å². The molecule has 0 bridgehead atoms. The van der Waals surface area contributed by atoms with E-state index < -0.39 is 5.60 Å². The highest BCUT2D eigenvalue weighted by Gasteiger charge is 2.15. The van der Waals surface area contributed by atoms with E-state index in [1.54, 1.807) is 38.4 Å². The van der Waals surface area contributed by atoms with Crippen molar-refractivity contribution in [1.82, 2.24) is 4.98 Å². The van der Waals surface area contributed by atoms with Gasteiger partial charge in [-0.3, -0.25) is 4.98 Å². The Morgan fingerprint density at radius 3 is 2.61 bits per heavy atom. The number of carbonyl (C=O) groups excluding carboxylic acids is 1. The van der Waals surface area contributed by atoms with Crippen molar-refractivity contribution in [2.75, 3.05) is 0 Å². The molecule has 0 aliphatic carbocycles. The second-order valence-electron chi connectivity index (χ2n) is 5.16. The minimum atomic E-state index is -0.658. The summed E-state index contributed by atoms with van der Waals surface area (Å²) in [5.41, 5.74) is -0.145. The zero-order valence-corrected chi connectivity index (χ0v) is 11.2. The Labute approximate surface area is 108 Å². The number of aromatic nitrogens is 1. The summed E-state index contributed by atoms with van der Waals surface area (Å²) in [4.78, 5) is 15.6. The van der Waals surface area contributed by atoms with Crippen molar-refractivity contribution in [3.8, 4) is 0 Å². The van der Waals surface area contributed by atoms with Gasteiger partial charge in [0.2, 0.25) is 0 Å². The molecule has 0 amide bonds. The molecule has 1 aromatic rings. The maximum Gasteiger partial charge on any atom is 0.338 e. The molecule has 18 heavy (non-hydrogen) atoms.